The minimum Gasteiger partial charge on any atom is -0.373 e. The summed E-state index contributed by atoms with van der Waals surface area (Å²) < 4.78 is 11.0. The normalized spacial score (nSPS) is 23.3. The Morgan fingerprint density at radius 2 is 2.25 bits per heavy atom. The van der Waals surface area contributed by atoms with Gasteiger partial charge in [0.2, 0.25) is 11.8 Å². The van der Waals surface area contributed by atoms with E-state index in [0.717, 1.165) is 31.4 Å². The van der Waals surface area contributed by atoms with E-state index in [2.05, 4.69) is 22.3 Å². The van der Waals surface area contributed by atoms with Gasteiger partial charge in [-0.05, 0) is 30.4 Å². The van der Waals surface area contributed by atoms with Crippen LogP contribution in [0.25, 0.3) is 0 Å². The van der Waals surface area contributed by atoms with Gasteiger partial charge in [-0.3, -0.25) is 4.79 Å². The largest absolute Gasteiger partial charge is 0.373 e. The number of hydrogen-bond donors (Lipinski definition) is 0. The lowest BCUT2D eigenvalue weighted by Crippen LogP contribution is -2.33. The number of nitrogens with zero attached hydrogens (tertiary/aromatic N) is 3. The molecule has 0 spiro atoms. The van der Waals surface area contributed by atoms with E-state index in [4.69, 9.17) is 9.26 Å². The first-order valence-corrected chi connectivity index (χ1v) is 8.51. The Morgan fingerprint density at radius 1 is 1.38 bits per heavy atom. The molecule has 2 atom stereocenters. The molecule has 0 aliphatic carbocycles. The average molecular weight is 327 g/mol. The van der Waals surface area contributed by atoms with E-state index in [1.54, 1.807) is 6.92 Å². The van der Waals surface area contributed by atoms with Gasteiger partial charge in [0.1, 0.15) is 0 Å². The van der Waals surface area contributed by atoms with E-state index >= 15 is 0 Å². The first-order chi connectivity index (χ1) is 11.7. The Bertz CT molecular complexity index is 743. The molecule has 24 heavy (non-hydrogen) atoms. The molecule has 2 aliphatic heterocycles. The summed E-state index contributed by atoms with van der Waals surface area (Å²) >= 11 is 0. The van der Waals surface area contributed by atoms with Crippen molar-refractivity contribution in [2.24, 2.45) is 0 Å². The standard InChI is InChI=1S/C18H21N3O3/c1-12-19-18(20-24-12)15-7-4-9-21(15)17(22)11-16-14-6-3-2-5-13(14)8-10-23-16/h2-3,5-6,15-16H,4,7-11H2,1H3/t15-,16+/m0/s1. The third-order valence-corrected chi connectivity index (χ3v) is 4.87. The Balaban J connectivity index is 1.50. The number of aryl methyl sites for hydroxylation is 1. The summed E-state index contributed by atoms with van der Waals surface area (Å²) in [6, 6.07) is 8.16. The van der Waals surface area contributed by atoms with Crippen LogP contribution in [-0.2, 0) is 16.0 Å². The van der Waals surface area contributed by atoms with Crippen molar-refractivity contribution < 1.29 is 14.1 Å². The lowest BCUT2D eigenvalue weighted by Gasteiger charge is -2.29. The second-order valence-electron chi connectivity index (χ2n) is 6.43. The molecule has 2 aliphatic rings. The number of aromatic nitrogens is 2. The van der Waals surface area contributed by atoms with Gasteiger partial charge in [0, 0.05) is 13.5 Å². The molecule has 1 amide bonds. The lowest BCUT2D eigenvalue weighted by atomic mass is 9.95. The number of carbonyl (C=O) groups is 1. The fraction of sp³-hybridized carbons (Fsp3) is 0.500. The molecule has 0 bridgehead atoms. The Kier molecular flexibility index (Phi) is 4.06. The number of rotatable bonds is 3. The van der Waals surface area contributed by atoms with E-state index in [1.807, 2.05) is 17.0 Å². The molecule has 0 N–H and O–H groups in total. The highest BCUT2D eigenvalue weighted by Crippen LogP contribution is 2.34. The maximum absolute atomic E-state index is 12.9. The van der Waals surface area contributed by atoms with E-state index in [9.17, 15) is 4.79 Å². The molecule has 1 fully saturated rings. The van der Waals surface area contributed by atoms with E-state index < -0.39 is 0 Å². The molecule has 6 nitrogen and oxygen atoms in total. The molecular formula is C18H21N3O3. The molecular weight excluding hydrogens is 306 g/mol. The topological polar surface area (TPSA) is 68.5 Å². The molecule has 1 aromatic heterocycles. The highest BCUT2D eigenvalue weighted by atomic mass is 16.5. The number of likely N-dealkylation sites (tertiary alicyclic amines) is 1. The van der Waals surface area contributed by atoms with Crippen LogP contribution in [0.5, 0.6) is 0 Å². The summed E-state index contributed by atoms with van der Waals surface area (Å²) in [7, 11) is 0. The molecule has 0 unspecified atom stereocenters. The molecule has 0 saturated carbocycles. The summed E-state index contributed by atoms with van der Waals surface area (Å²) in [5, 5.41) is 4.00. The van der Waals surface area contributed by atoms with Gasteiger partial charge in [-0.2, -0.15) is 4.98 Å². The zero-order valence-corrected chi connectivity index (χ0v) is 13.8. The van der Waals surface area contributed by atoms with Crippen LogP contribution >= 0.6 is 0 Å². The quantitative estimate of drug-likeness (QED) is 0.867. The van der Waals surface area contributed by atoms with E-state index in [-0.39, 0.29) is 18.1 Å². The fourth-order valence-corrected chi connectivity index (χ4v) is 3.71. The van der Waals surface area contributed by atoms with Crippen LogP contribution in [0, 0.1) is 6.92 Å². The van der Waals surface area contributed by atoms with Gasteiger partial charge in [-0.1, -0.05) is 29.4 Å². The van der Waals surface area contributed by atoms with Crippen LogP contribution < -0.4 is 0 Å². The second kappa shape index (κ2) is 6.36. The van der Waals surface area contributed by atoms with Gasteiger partial charge < -0.3 is 14.2 Å². The van der Waals surface area contributed by atoms with Gasteiger partial charge >= 0.3 is 0 Å². The van der Waals surface area contributed by atoms with Crippen molar-refractivity contribution in [1.29, 1.82) is 0 Å². The minimum atomic E-state index is -0.157. The van der Waals surface area contributed by atoms with Crippen LogP contribution in [0.1, 0.15) is 54.3 Å². The predicted octanol–water partition coefficient (Wildman–Crippen LogP) is 2.75. The van der Waals surface area contributed by atoms with Crippen LogP contribution in [0.4, 0.5) is 0 Å². The van der Waals surface area contributed by atoms with Gasteiger partial charge in [0.15, 0.2) is 5.82 Å². The monoisotopic (exact) mass is 327 g/mol. The number of carbonyl (C=O) groups excluding carboxylic acids is 1. The Hall–Kier alpha value is -2.21. The maximum atomic E-state index is 12.9. The smallest absolute Gasteiger partial charge is 0.226 e. The van der Waals surface area contributed by atoms with Crippen molar-refractivity contribution >= 4 is 5.91 Å². The van der Waals surface area contributed by atoms with Crippen LogP contribution in [0.3, 0.4) is 0 Å². The Labute approximate surface area is 140 Å². The molecule has 1 aromatic carbocycles. The minimum absolute atomic E-state index is 0.0752. The Morgan fingerprint density at radius 3 is 3.08 bits per heavy atom. The van der Waals surface area contributed by atoms with E-state index in [0.29, 0.717) is 24.7 Å². The number of ether oxygens (including phenoxy) is 1. The molecule has 0 radical (unpaired) electrons. The second-order valence-corrected chi connectivity index (χ2v) is 6.43. The lowest BCUT2D eigenvalue weighted by molar-refractivity contribution is -0.135. The zero-order valence-electron chi connectivity index (χ0n) is 13.8. The van der Waals surface area contributed by atoms with Gasteiger partial charge in [-0.25, -0.2) is 0 Å². The maximum Gasteiger partial charge on any atom is 0.226 e. The third-order valence-electron chi connectivity index (χ3n) is 4.87. The van der Waals surface area contributed by atoms with E-state index in [1.165, 1.54) is 5.56 Å². The van der Waals surface area contributed by atoms with Crippen LogP contribution in [0.2, 0.25) is 0 Å². The van der Waals surface area contributed by atoms with Gasteiger partial charge in [-0.15, -0.1) is 0 Å². The first kappa shape index (κ1) is 15.3. The van der Waals surface area contributed by atoms with Crippen LogP contribution in [0.15, 0.2) is 28.8 Å². The van der Waals surface area contributed by atoms with Crippen molar-refractivity contribution in [3.8, 4) is 0 Å². The third kappa shape index (κ3) is 2.82. The number of fused-ring (bicyclic) bond motifs is 1. The molecule has 2 aromatic rings. The van der Waals surface area contributed by atoms with Crippen LogP contribution in [-0.4, -0.2) is 34.1 Å². The molecule has 3 heterocycles. The fourth-order valence-electron chi connectivity index (χ4n) is 3.71. The zero-order chi connectivity index (χ0) is 16.5. The summed E-state index contributed by atoms with van der Waals surface area (Å²) in [5.41, 5.74) is 2.43. The number of benzene rings is 1. The van der Waals surface area contributed by atoms with Crippen molar-refractivity contribution in [3.05, 3.63) is 47.1 Å². The highest BCUT2D eigenvalue weighted by molar-refractivity contribution is 5.77. The summed E-state index contributed by atoms with van der Waals surface area (Å²) in [6.45, 7) is 3.18. The molecule has 6 heteroatoms. The molecule has 126 valence electrons. The van der Waals surface area contributed by atoms with Crippen molar-refractivity contribution in [1.82, 2.24) is 15.0 Å². The average Bonchev–Trinajstić information content (AvgIpc) is 3.24. The van der Waals surface area contributed by atoms with Crippen molar-refractivity contribution in [2.45, 2.75) is 44.8 Å². The summed E-state index contributed by atoms with van der Waals surface area (Å²) in [4.78, 5) is 19.1. The highest BCUT2D eigenvalue weighted by Gasteiger charge is 2.35. The number of hydrogen-bond acceptors (Lipinski definition) is 5. The number of amides is 1. The van der Waals surface area contributed by atoms with Crippen molar-refractivity contribution in [3.63, 3.8) is 0 Å². The summed E-state index contributed by atoms with van der Waals surface area (Å²) in [5.74, 6) is 1.25. The first-order valence-electron chi connectivity index (χ1n) is 8.51. The predicted molar refractivity (Wildman–Crippen MR) is 86.2 cm³/mol. The van der Waals surface area contributed by atoms with Gasteiger partial charge in [0.05, 0.1) is 25.2 Å². The van der Waals surface area contributed by atoms with Gasteiger partial charge in [0.25, 0.3) is 0 Å². The van der Waals surface area contributed by atoms with Crippen molar-refractivity contribution in [2.75, 3.05) is 13.2 Å². The molecule has 1 saturated heterocycles. The summed E-state index contributed by atoms with van der Waals surface area (Å²) in [6.07, 6.45) is 2.97. The SMILES string of the molecule is Cc1nc([C@@H]2CCCN2C(=O)C[C@H]2OCCc3ccccc32)no1. The molecule has 4 rings (SSSR count).